The van der Waals surface area contributed by atoms with Gasteiger partial charge in [0, 0.05) is 17.3 Å². The van der Waals surface area contributed by atoms with Gasteiger partial charge in [-0.1, -0.05) is 28.0 Å². The number of hydrogen-bond acceptors (Lipinski definition) is 2. The summed E-state index contributed by atoms with van der Waals surface area (Å²) in [6.07, 6.45) is 3.33. The summed E-state index contributed by atoms with van der Waals surface area (Å²) in [5, 5.41) is 3.83. The molecule has 2 nitrogen and oxygen atoms in total. The van der Waals surface area contributed by atoms with Gasteiger partial charge in [0.15, 0.2) is 0 Å². The fourth-order valence-corrected chi connectivity index (χ4v) is 1.42. The van der Waals surface area contributed by atoms with Crippen LogP contribution < -0.4 is 0 Å². The molecule has 0 saturated heterocycles. The lowest BCUT2D eigenvalue weighted by molar-refractivity contribution is 0.376. The molecule has 1 heterocycles. The summed E-state index contributed by atoms with van der Waals surface area (Å²) < 4.78 is 5.08. The molecule has 1 unspecified atom stereocenters. The Morgan fingerprint density at radius 1 is 1.67 bits per heavy atom. The second kappa shape index (κ2) is 4.65. The Balaban J connectivity index is 2.24. The van der Waals surface area contributed by atoms with Gasteiger partial charge in [0.25, 0.3) is 0 Å². The molecule has 0 aliphatic carbocycles. The minimum absolute atomic E-state index is 0.599. The Bertz CT molecular complexity index is 232. The molecule has 0 aliphatic heterocycles. The second-order valence-corrected chi connectivity index (χ2v) is 4.67. The summed E-state index contributed by atoms with van der Waals surface area (Å²) in [6, 6.07) is 2.00. The van der Waals surface area contributed by atoms with E-state index < -0.39 is 0 Å². The van der Waals surface area contributed by atoms with Gasteiger partial charge in [0.1, 0.15) is 5.76 Å². The maximum absolute atomic E-state index is 5.08. The topological polar surface area (TPSA) is 26.0 Å². The van der Waals surface area contributed by atoms with Crippen LogP contribution in [0.4, 0.5) is 0 Å². The van der Waals surface area contributed by atoms with E-state index in [9.17, 15) is 0 Å². The van der Waals surface area contributed by atoms with Crippen molar-refractivity contribution >= 4 is 15.9 Å². The molecule has 3 heteroatoms. The van der Waals surface area contributed by atoms with Gasteiger partial charge in [-0.15, -0.1) is 0 Å². The third-order valence-electron chi connectivity index (χ3n) is 1.70. The third kappa shape index (κ3) is 3.39. The smallest absolute Gasteiger partial charge is 0.136 e. The van der Waals surface area contributed by atoms with E-state index >= 15 is 0 Å². The normalized spacial score (nSPS) is 13.2. The molecule has 1 aromatic rings. The molecule has 12 heavy (non-hydrogen) atoms. The highest BCUT2D eigenvalue weighted by atomic mass is 79.9. The van der Waals surface area contributed by atoms with E-state index in [0.29, 0.717) is 4.83 Å². The van der Waals surface area contributed by atoms with Crippen molar-refractivity contribution < 1.29 is 4.52 Å². The Hall–Kier alpha value is -0.310. The van der Waals surface area contributed by atoms with E-state index in [2.05, 4.69) is 28.0 Å². The number of aryl methyl sites for hydroxylation is 2. The highest BCUT2D eigenvalue weighted by Gasteiger charge is 2.01. The van der Waals surface area contributed by atoms with Crippen molar-refractivity contribution in [2.45, 2.75) is 37.9 Å². The maximum Gasteiger partial charge on any atom is 0.136 e. The molecule has 0 aromatic carbocycles. The average Bonchev–Trinajstić information content (AvgIpc) is 2.35. The Morgan fingerprint density at radius 2 is 2.42 bits per heavy atom. The quantitative estimate of drug-likeness (QED) is 0.745. The van der Waals surface area contributed by atoms with Crippen LogP contribution in [0.2, 0.25) is 0 Å². The zero-order valence-electron chi connectivity index (χ0n) is 7.51. The van der Waals surface area contributed by atoms with Crippen molar-refractivity contribution in [3.05, 3.63) is 17.5 Å². The third-order valence-corrected chi connectivity index (χ3v) is 2.16. The Morgan fingerprint density at radius 3 is 2.92 bits per heavy atom. The summed E-state index contributed by atoms with van der Waals surface area (Å²) >= 11 is 3.51. The van der Waals surface area contributed by atoms with Gasteiger partial charge in [0.2, 0.25) is 0 Å². The van der Waals surface area contributed by atoms with Crippen molar-refractivity contribution in [1.82, 2.24) is 5.16 Å². The van der Waals surface area contributed by atoms with Crippen molar-refractivity contribution in [2.24, 2.45) is 0 Å². The van der Waals surface area contributed by atoms with Gasteiger partial charge in [-0.2, -0.15) is 0 Å². The molecule has 0 bridgehead atoms. The average molecular weight is 232 g/mol. The number of halogens is 1. The van der Waals surface area contributed by atoms with Crippen LogP contribution in [0, 0.1) is 6.92 Å². The first-order chi connectivity index (χ1) is 5.68. The van der Waals surface area contributed by atoms with Crippen molar-refractivity contribution in [3.8, 4) is 0 Å². The monoisotopic (exact) mass is 231 g/mol. The molecule has 0 radical (unpaired) electrons. The van der Waals surface area contributed by atoms with E-state index in [1.165, 1.54) is 6.42 Å². The fraction of sp³-hybridized carbons (Fsp3) is 0.667. The van der Waals surface area contributed by atoms with Gasteiger partial charge in [-0.25, -0.2) is 0 Å². The van der Waals surface area contributed by atoms with E-state index in [-0.39, 0.29) is 0 Å². The SMILES string of the molecule is Cc1cc(CCCC(C)Br)on1. The molecule has 0 N–H and O–H groups in total. The van der Waals surface area contributed by atoms with E-state index in [1.54, 1.807) is 0 Å². The van der Waals surface area contributed by atoms with Gasteiger partial charge in [-0.3, -0.25) is 0 Å². The first-order valence-electron chi connectivity index (χ1n) is 4.25. The minimum atomic E-state index is 0.599. The highest BCUT2D eigenvalue weighted by molar-refractivity contribution is 9.09. The predicted octanol–water partition coefficient (Wildman–Crippen LogP) is 3.09. The summed E-state index contributed by atoms with van der Waals surface area (Å²) in [4.78, 5) is 0.599. The van der Waals surface area contributed by atoms with Gasteiger partial charge in [0.05, 0.1) is 5.69 Å². The summed E-state index contributed by atoms with van der Waals surface area (Å²) in [6.45, 7) is 4.10. The van der Waals surface area contributed by atoms with Crippen molar-refractivity contribution in [2.75, 3.05) is 0 Å². The highest BCUT2D eigenvalue weighted by Crippen LogP contribution is 2.11. The van der Waals surface area contributed by atoms with Crippen molar-refractivity contribution in [1.29, 1.82) is 0 Å². The predicted molar refractivity (Wildman–Crippen MR) is 52.6 cm³/mol. The molecule has 1 rings (SSSR count). The fourth-order valence-electron chi connectivity index (χ4n) is 1.09. The molecular formula is C9H14BrNO. The van der Waals surface area contributed by atoms with Crippen LogP contribution in [-0.4, -0.2) is 9.98 Å². The molecule has 0 aliphatic rings. The number of hydrogen-bond donors (Lipinski definition) is 0. The minimum Gasteiger partial charge on any atom is -0.361 e. The lowest BCUT2D eigenvalue weighted by atomic mass is 10.2. The van der Waals surface area contributed by atoms with E-state index in [4.69, 9.17) is 4.52 Å². The zero-order chi connectivity index (χ0) is 8.97. The van der Waals surface area contributed by atoms with E-state index in [1.807, 2.05) is 13.0 Å². The molecule has 0 spiro atoms. The van der Waals surface area contributed by atoms with Crippen molar-refractivity contribution in [3.63, 3.8) is 0 Å². The van der Waals surface area contributed by atoms with Gasteiger partial charge >= 0.3 is 0 Å². The number of aromatic nitrogens is 1. The Labute approximate surface area is 81.5 Å². The van der Waals surface area contributed by atoms with Crippen LogP contribution in [0.1, 0.15) is 31.2 Å². The van der Waals surface area contributed by atoms with Crippen LogP contribution in [0.3, 0.4) is 0 Å². The maximum atomic E-state index is 5.08. The molecule has 68 valence electrons. The molecule has 0 saturated carbocycles. The summed E-state index contributed by atoms with van der Waals surface area (Å²) in [7, 11) is 0. The molecule has 1 aromatic heterocycles. The lowest BCUT2D eigenvalue weighted by Gasteiger charge is -1.99. The molecular weight excluding hydrogens is 218 g/mol. The van der Waals surface area contributed by atoms with Crippen LogP contribution in [-0.2, 0) is 6.42 Å². The van der Waals surface area contributed by atoms with Crippen LogP contribution >= 0.6 is 15.9 Å². The first kappa shape index (κ1) is 9.78. The Kier molecular flexibility index (Phi) is 3.79. The summed E-state index contributed by atoms with van der Waals surface area (Å²) in [5.41, 5.74) is 0.969. The van der Waals surface area contributed by atoms with Crippen LogP contribution in [0.5, 0.6) is 0 Å². The number of alkyl halides is 1. The zero-order valence-corrected chi connectivity index (χ0v) is 9.10. The summed E-state index contributed by atoms with van der Waals surface area (Å²) in [5.74, 6) is 1.00. The van der Waals surface area contributed by atoms with Gasteiger partial charge < -0.3 is 4.52 Å². The van der Waals surface area contributed by atoms with Crippen LogP contribution in [0.25, 0.3) is 0 Å². The molecule has 1 atom stereocenters. The molecule has 0 amide bonds. The number of rotatable bonds is 4. The second-order valence-electron chi connectivity index (χ2n) is 3.11. The largest absolute Gasteiger partial charge is 0.361 e. The first-order valence-corrected chi connectivity index (χ1v) is 5.16. The standard InChI is InChI=1S/C9H14BrNO/c1-7(10)4-3-5-9-6-8(2)11-12-9/h6-7H,3-5H2,1-2H3. The van der Waals surface area contributed by atoms with Gasteiger partial charge in [-0.05, 0) is 19.8 Å². The van der Waals surface area contributed by atoms with E-state index in [0.717, 1.165) is 24.3 Å². The molecule has 0 fully saturated rings. The lowest BCUT2D eigenvalue weighted by Crippen LogP contribution is -1.91. The number of nitrogens with zero attached hydrogens (tertiary/aromatic N) is 1. The van der Waals surface area contributed by atoms with Crippen LogP contribution in [0.15, 0.2) is 10.6 Å².